The Morgan fingerprint density at radius 2 is 2.32 bits per heavy atom. The molecule has 0 bridgehead atoms. The van der Waals surface area contributed by atoms with Crippen LogP contribution in [0.3, 0.4) is 0 Å². The van der Waals surface area contributed by atoms with E-state index < -0.39 is 0 Å². The van der Waals surface area contributed by atoms with Gasteiger partial charge in [-0.05, 0) is 69.3 Å². The Morgan fingerprint density at radius 3 is 2.95 bits per heavy atom. The van der Waals surface area contributed by atoms with Crippen LogP contribution in [-0.2, 0) is 4.74 Å². The lowest BCUT2D eigenvalue weighted by Crippen LogP contribution is -2.26. The average molecular weight is 390 g/mol. The smallest absolute Gasteiger partial charge is 0.0876 e. The van der Waals surface area contributed by atoms with Crippen molar-refractivity contribution in [1.29, 1.82) is 0 Å². The van der Waals surface area contributed by atoms with Gasteiger partial charge in [0, 0.05) is 15.1 Å². The van der Waals surface area contributed by atoms with Crippen LogP contribution in [0.1, 0.15) is 37.9 Å². The molecule has 1 aromatic heterocycles. The van der Waals surface area contributed by atoms with Gasteiger partial charge in [0.15, 0.2) is 0 Å². The number of aromatic nitrogens is 1. The number of halogens is 2. The number of pyridine rings is 1. The van der Waals surface area contributed by atoms with Crippen LogP contribution in [0.15, 0.2) is 33.0 Å². The summed E-state index contributed by atoms with van der Waals surface area (Å²) in [5, 5.41) is 3.56. The van der Waals surface area contributed by atoms with Crippen molar-refractivity contribution in [2.45, 2.75) is 32.2 Å². The lowest BCUT2D eigenvalue weighted by Gasteiger charge is -2.24. The molecule has 1 unspecified atom stereocenters. The van der Waals surface area contributed by atoms with Gasteiger partial charge in [0.05, 0.1) is 24.6 Å². The van der Waals surface area contributed by atoms with Crippen molar-refractivity contribution in [2.75, 3.05) is 13.2 Å². The Labute approximate surface area is 131 Å². The van der Waals surface area contributed by atoms with Gasteiger partial charge in [0.2, 0.25) is 0 Å². The third-order valence-electron chi connectivity index (χ3n) is 3.04. The normalized spacial score (nSPS) is 16.7. The van der Waals surface area contributed by atoms with Crippen molar-refractivity contribution in [3.05, 3.63) is 38.7 Å². The van der Waals surface area contributed by atoms with Crippen molar-refractivity contribution in [2.24, 2.45) is 0 Å². The Balaban J connectivity index is 2.27. The molecule has 0 aromatic carbocycles. The van der Waals surface area contributed by atoms with Crippen LogP contribution >= 0.6 is 31.9 Å². The zero-order valence-electron chi connectivity index (χ0n) is 11.0. The van der Waals surface area contributed by atoms with Crippen LogP contribution in [0.5, 0.6) is 0 Å². The van der Waals surface area contributed by atoms with Crippen LogP contribution in [0.4, 0.5) is 0 Å². The van der Waals surface area contributed by atoms with Gasteiger partial charge in [-0.25, -0.2) is 0 Å². The zero-order valence-corrected chi connectivity index (χ0v) is 14.1. The second-order valence-electron chi connectivity index (χ2n) is 4.57. The Hall–Kier alpha value is -0.390. The van der Waals surface area contributed by atoms with Crippen molar-refractivity contribution in [3.63, 3.8) is 0 Å². The molecule has 2 rings (SSSR count). The predicted molar refractivity (Wildman–Crippen MR) is 83.9 cm³/mol. The Bertz CT molecular complexity index is 463. The first kappa shape index (κ1) is 15.0. The van der Waals surface area contributed by atoms with Gasteiger partial charge in [-0.15, -0.1) is 0 Å². The van der Waals surface area contributed by atoms with Gasteiger partial charge in [-0.1, -0.05) is 6.92 Å². The quantitative estimate of drug-likeness (QED) is 0.813. The molecule has 1 aliphatic rings. The molecule has 1 aromatic rings. The summed E-state index contributed by atoms with van der Waals surface area (Å²) in [6.07, 6.45) is 6.96. The third-order valence-corrected chi connectivity index (χ3v) is 4.11. The molecule has 1 N–H and O–H groups in total. The van der Waals surface area contributed by atoms with Gasteiger partial charge >= 0.3 is 0 Å². The summed E-state index contributed by atoms with van der Waals surface area (Å²) in [5.41, 5.74) is 2.30. The molecule has 1 atom stereocenters. The summed E-state index contributed by atoms with van der Waals surface area (Å²) in [5.74, 6) is 0. The van der Waals surface area contributed by atoms with Crippen molar-refractivity contribution < 1.29 is 4.74 Å². The number of ether oxygens (including phenoxy) is 1. The number of rotatable bonds is 5. The minimum absolute atomic E-state index is 0.128. The molecule has 0 spiro atoms. The summed E-state index contributed by atoms with van der Waals surface area (Å²) >= 11 is 7.05. The third kappa shape index (κ3) is 4.04. The standard InChI is InChI=1S/C14H18Br2N2O/c1-2-5-17-13(10-4-3-6-19-9-10)14-12(16)7-11(15)8-18-14/h7-9,13,17H,2-6H2,1H3. The van der Waals surface area contributed by atoms with Gasteiger partial charge in [-0.3, -0.25) is 4.98 Å². The van der Waals surface area contributed by atoms with E-state index in [1.165, 1.54) is 5.57 Å². The molecular formula is C14H18Br2N2O. The maximum atomic E-state index is 5.47. The van der Waals surface area contributed by atoms with Crippen molar-refractivity contribution in [3.8, 4) is 0 Å². The second-order valence-corrected chi connectivity index (χ2v) is 6.34. The molecule has 3 nitrogen and oxygen atoms in total. The largest absolute Gasteiger partial charge is 0.501 e. The van der Waals surface area contributed by atoms with E-state index in [2.05, 4.69) is 49.1 Å². The van der Waals surface area contributed by atoms with E-state index in [0.29, 0.717) is 0 Å². The minimum Gasteiger partial charge on any atom is -0.501 e. The molecule has 0 saturated heterocycles. The van der Waals surface area contributed by atoms with Crippen LogP contribution in [-0.4, -0.2) is 18.1 Å². The fourth-order valence-corrected chi connectivity index (χ4v) is 3.34. The highest BCUT2D eigenvalue weighted by atomic mass is 79.9. The lowest BCUT2D eigenvalue weighted by atomic mass is 9.98. The fourth-order valence-electron chi connectivity index (χ4n) is 2.13. The van der Waals surface area contributed by atoms with Crippen LogP contribution < -0.4 is 5.32 Å². The van der Waals surface area contributed by atoms with E-state index >= 15 is 0 Å². The van der Waals surface area contributed by atoms with E-state index in [0.717, 1.165) is 47.1 Å². The maximum Gasteiger partial charge on any atom is 0.0876 e. The highest BCUT2D eigenvalue weighted by Gasteiger charge is 2.22. The predicted octanol–water partition coefficient (Wildman–Crippen LogP) is 4.34. The van der Waals surface area contributed by atoms with Gasteiger partial charge < -0.3 is 10.1 Å². The molecule has 0 fully saturated rings. The molecule has 0 saturated carbocycles. The average Bonchev–Trinajstić information content (AvgIpc) is 2.42. The SMILES string of the molecule is CCCNC(C1=COCCC1)c1ncc(Br)cc1Br. The highest BCUT2D eigenvalue weighted by molar-refractivity contribution is 9.11. The topological polar surface area (TPSA) is 34.1 Å². The molecule has 0 aliphatic carbocycles. The molecule has 1 aliphatic heterocycles. The molecular weight excluding hydrogens is 372 g/mol. The molecule has 19 heavy (non-hydrogen) atoms. The summed E-state index contributed by atoms with van der Waals surface area (Å²) in [6.45, 7) is 3.95. The van der Waals surface area contributed by atoms with E-state index in [1.54, 1.807) is 0 Å². The van der Waals surface area contributed by atoms with E-state index in [-0.39, 0.29) is 6.04 Å². The van der Waals surface area contributed by atoms with Crippen LogP contribution in [0, 0.1) is 0 Å². The van der Waals surface area contributed by atoms with Crippen LogP contribution in [0.2, 0.25) is 0 Å². The van der Waals surface area contributed by atoms with Gasteiger partial charge in [0.1, 0.15) is 0 Å². The van der Waals surface area contributed by atoms with E-state index in [9.17, 15) is 0 Å². The Morgan fingerprint density at radius 1 is 1.47 bits per heavy atom. The van der Waals surface area contributed by atoms with Crippen LogP contribution in [0.25, 0.3) is 0 Å². The Kier molecular flexibility index (Phi) is 5.85. The number of nitrogens with zero attached hydrogens (tertiary/aromatic N) is 1. The summed E-state index contributed by atoms with van der Waals surface area (Å²) in [6, 6.07) is 2.16. The number of nitrogens with one attached hydrogen (secondary N) is 1. The first-order valence-corrected chi connectivity index (χ1v) is 8.16. The lowest BCUT2D eigenvalue weighted by molar-refractivity contribution is 0.219. The van der Waals surface area contributed by atoms with Gasteiger partial charge in [-0.2, -0.15) is 0 Å². The molecule has 2 heterocycles. The second kappa shape index (κ2) is 7.41. The molecule has 0 radical (unpaired) electrons. The summed E-state index contributed by atoms with van der Waals surface area (Å²) in [7, 11) is 0. The first-order valence-electron chi connectivity index (χ1n) is 6.57. The zero-order chi connectivity index (χ0) is 13.7. The summed E-state index contributed by atoms with van der Waals surface area (Å²) < 4.78 is 7.47. The first-order chi connectivity index (χ1) is 9.22. The van der Waals surface area contributed by atoms with Crippen molar-refractivity contribution >= 4 is 31.9 Å². The van der Waals surface area contributed by atoms with Crippen molar-refractivity contribution in [1.82, 2.24) is 10.3 Å². The molecule has 5 heteroatoms. The van der Waals surface area contributed by atoms with Gasteiger partial charge in [0.25, 0.3) is 0 Å². The minimum atomic E-state index is 0.128. The maximum absolute atomic E-state index is 5.47. The number of hydrogen-bond donors (Lipinski definition) is 1. The summed E-state index contributed by atoms with van der Waals surface area (Å²) in [4.78, 5) is 4.55. The monoisotopic (exact) mass is 388 g/mol. The fraction of sp³-hybridized carbons (Fsp3) is 0.500. The van der Waals surface area contributed by atoms with E-state index in [1.807, 2.05) is 18.5 Å². The molecule has 0 amide bonds. The number of hydrogen-bond acceptors (Lipinski definition) is 3. The molecule has 104 valence electrons. The highest BCUT2D eigenvalue weighted by Crippen LogP contribution is 2.32. The van der Waals surface area contributed by atoms with E-state index in [4.69, 9.17) is 4.74 Å².